The number of hydrogen-bond acceptors (Lipinski definition) is 4. The van der Waals surface area contributed by atoms with Crippen molar-refractivity contribution in [1.29, 1.82) is 0 Å². The van der Waals surface area contributed by atoms with Gasteiger partial charge < -0.3 is 20.1 Å². The maximum absolute atomic E-state index is 12.2. The molecule has 1 aliphatic heterocycles. The zero-order chi connectivity index (χ0) is 15.9. The lowest BCUT2D eigenvalue weighted by molar-refractivity contribution is 0.0812. The average molecular weight is 307 g/mol. The van der Waals surface area contributed by atoms with Crippen molar-refractivity contribution in [2.45, 2.75) is 19.4 Å². The fourth-order valence-electron chi connectivity index (χ4n) is 2.44. The van der Waals surface area contributed by atoms with Gasteiger partial charge in [-0.1, -0.05) is 6.92 Å². The maximum Gasteiger partial charge on any atom is 0.321 e. The average Bonchev–Trinajstić information content (AvgIpc) is 2.56. The first-order chi connectivity index (χ1) is 10.6. The van der Waals surface area contributed by atoms with Gasteiger partial charge in [-0.3, -0.25) is 4.90 Å². The molecule has 0 saturated carbocycles. The number of β-amino-alcohol motifs (C(OH)–C–C–N with tert-alkyl or cyclic N) is 1. The van der Waals surface area contributed by atoms with Gasteiger partial charge in [-0.25, -0.2) is 4.79 Å². The minimum atomic E-state index is -0.278. The Morgan fingerprint density at radius 3 is 2.45 bits per heavy atom. The lowest BCUT2D eigenvalue weighted by atomic mass is 10.2. The molecule has 2 rings (SSSR count). The minimum absolute atomic E-state index is 0.0825. The molecule has 6 heteroatoms. The Bertz CT molecular complexity index is 470. The number of amides is 2. The van der Waals surface area contributed by atoms with Gasteiger partial charge in [0, 0.05) is 38.4 Å². The molecule has 22 heavy (non-hydrogen) atoms. The molecule has 0 aromatic heterocycles. The highest BCUT2D eigenvalue weighted by Gasteiger charge is 2.22. The van der Waals surface area contributed by atoms with Crippen molar-refractivity contribution in [1.82, 2.24) is 9.80 Å². The van der Waals surface area contributed by atoms with Gasteiger partial charge in [-0.15, -0.1) is 0 Å². The second-order valence-corrected chi connectivity index (χ2v) is 5.51. The molecule has 1 aromatic carbocycles. The largest absolute Gasteiger partial charge is 0.497 e. The van der Waals surface area contributed by atoms with Crippen LogP contribution < -0.4 is 10.1 Å². The molecule has 1 aromatic rings. The van der Waals surface area contributed by atoms with E-state index in [-0.39, 0.29) is 12.1 Å². The van der Waals surface area contributed by atoms with E-state index in [1.54, 1.807) is 12.0 Å². The van der Waals surface area contributed by atoms with Gasteiger partial charge in [-0.2, -0.15) is 0 Å². The van der Waals surface area contributed by atoms with E-state index in [2.05, 4.69) is 10.2 Å². The molecule has 0 spiro atoms. The van der Waals surface area contributed by atoms with E-state index in [4.69, 9.17) is 4.74 Å². The van der Waals surface area contributed by atoms with Crippen LogP contribution in [0.2, 0.25) is 0 Å². The molecule has 1 fully saturated rings. The fourth-order valence-corrected chi connectivity index (χ4v) is 2.44. The van der Waals surface area contributed by atoms with Crippen molar-refractivity contribution in [3.8, 4) is 5.75 Å². The Labute approximate surface area is 131 Å². The van der Waals surface area contributed by atoms with Crippen molar-refractivity contribution in [2.75, 3.05) is 45.2 Å². The number of carbonyl (C=O) groups excluding carboxylic acids is 1. The number of aliphatic hydroxyl groups is 1. The summed E-state index contributed by atoms with van der Waals surface area (Å²) >= 11 is 0. The minimum Gasteiger partial charge on any atom is -0.497 e. The first-order valence-electron chi connectivity index (χ1n) is 7.72. The topological polar surface area (TPSA) is 65.0 Å². The predicted molar refractivity (Wildman–Crippen MR) is 86.3 cm³/mol. The Balaban J connectivity index is 1.79. The number of rotatable bonds is 5. The first-order valence-corrected chi connectivity index (χ1v) is 7.72. The number of ether oxygens (including phenoxy) is 1. The number of nitrogens with one attached hydrogen (secondary N) is 1. The predicted octanol–water partition coefficient (Wildman–Crippen LogP) is 1.62. The third kappa shape index (κ3) is 4.61. The number of aliphatic hydroxyl groups excluding tert-OH is 1. The summed E-state index contributed by atoms with van der Waals surface area (Å²) in [4.78, 5) is 16.2. The summed E-state index contributed by atoms with van der Waals surface area (Å²) in [7, 11) is 1.61. The number of anilines is 1. The quantitative estimate of drug-likeness (QED) is 0.867. The molecule has 0 bridgehead atoms. The van der Waals surface area contributed by atoms with E-state index in [9.17, 15) is 9.90 Å². The van der Waals surface area contributed by atoms with E-state index in [0.717, 1.165) is 30.9 Å². The van der Waals surface area contributed by atoms with Crippen molar-refractivity contribution in [2.24, 2.45) is 0 Å². The fraction of sp³-hybridized carbons (Fsp3) is 0.562. The zero-order valence-electron chi connectivity index (χ0n) is 13.3. The van der Waals surface area contributed by atoms with Crippen LogP contribution >= 0.6 is 0 Å². The van der Waals surface area contributed by atoms with E-state index < -0.39 is 0 Å². The van der Waals surface area contributed by atoms with E-state index in [1.165, 1.54) is 0 Å². The summed E-state index contributed by atoms with van der Waals surface area (Å²) < 4.78 is 5.09. The van der Waals surface area contributed by atoms with Gasteiger partial charge in [0.1, 0.15) is 5.75 Å². The molecule has 0 unspecified atom stereocenters. The van der Waals surface area contributed by atoms with Crippen LogP contribution in [0.15, 0.2) is 24.3 Å². The Morgan fingerprint density at radius 2 is 1.91 bits per heavy atom. The van der Waals surface area contributed by atoms with Gasteiger partial charge in [0.2, 0.25) is 0 Å². The highest BCUT2D eigenvalue weighted by Crippen LogP contribution is 2.16. The van der Waals surface area contributed by atoms with E-state index in [1.807, 2.05) is 31.2 Å². The van der Waals surface area contributed by atoms with Crippen molar-refractivity contribution < 1.29 is 14.6 Å². The second-order valence-electron chi connectivity index (χ2n) is 5.51. The van der Waals surface area contributed by atoms with Gasteiger partial charge in [0.15, 0.2) is 0 Å². The highest BCUT2D eigenvalue weighted by molar-refractivity contribution is 5.89. The number of benzene rings is 1. The Morgan fingerprint density at radius 1 is 1.27 bits per heavy atom. The molecule has 1 atom stereocenters. The van der Waals surface area contributed by atoms with Crippen LogP contribution in [0, 0.1) is 0 Å². The monoisotopic (exact) mass is 307 g/mol. The van der Waals surface area contributed by atoms with Crippen LogP contribution in [0.1, 0.15) is 13.3 Å². The number of hydrogen-bond donors (Lipinski definition) is 2. The van der Waals surface area contributed by atoms with E-state index >= 15 is 0 Å². The lowest BCUT2D eigenvalue weighted by Crippen LogP contribution is -2.51. The van der Waals surface area contributed by atoms with Crippen LogP contribution in [-0.2, 0) is 0 Å². The normalized spacial score (nSPS) is 17.1. The van der Waals surface area contributed by atoms with Crippen molar-refractivity contribution in [3.05, 3.63) is 24.3 Å². The lowest BCUT2D eigenvalue weighted by Gasteiger charge is -2.35. The van der Waals surface area contributed by atoms with Gasteiger partial charge in [-0.05, 0) is 30.7 Å². The molecule has 0 radical (unpaired) electrons. The number of piperazine rings is 1. The van der Waals surface area contributed by atoms with Crippen LogP contribution in [0.25, 0.3) is 0 Å². The van der Waals surface area contributed by atoms with Crippen molar-refractivity contribution in [3.63, 3.8) is 0 Å². The smallest absolute Gasteiger partial charge is 0.321 e. The van der Waals surface area contributed by atoms with Gasteiger partial charge in [0.05, 0.1) is 13.2 Å². The van der Waals surface area contributed by atoms with Crippen LogP contribution in [0.3, 0.4) is 0 Å². The number of methoxy groups -OCH3 is 1. The van der Waals surface area contributed by atoms with Crippen LogP contribution in [-0.4, -0.2) is 66.9 Å². The molecule has 0 aliphatic carbocycles. The first kappa shape index (κ1) is 16.6. The Kier molecular flexibility index (Phi) is 6.03. The van der Waals surface area contributed by atoms with Gasteiger partial charge >= 0.3 is 6.03 Å². The molecule has 1 heterocycles. The summed E-state index contributed by atoms with van der Waals surface area (Å²) in [6, 6.07) is 7.20. The summed E-state index contributed by atoms with van der Waals surface area (Å²) in [5.74, 6) is 0.765. The molecule has 1 saturated heterocycles. The van der Waals surface area contributed by atoms with Crippen LogP contribution in [0.5, 0.6) is 5.75 Å². The highest BCUT2D eigenvalue weighted by atomic mass is 16.5. The van der Waals surface area contributed by atoms with E-state index in [0.29, 0.717) is 19.6 Å². The molecular formula is C16H25N3O3. The zero-order valence-corrected chi connectivity index (χ0v) is 13.3. The molecular weight excluding hydrogens is 282 g/mol. The third-order valence-corrected chi connectivity index (χ3v) is 3.94. The molecule has 2 N–H and O–H groups in total. The summed E-state index contributed by atoms with van der Waals surface area (Å²) in [6.07, 6.45) is 0.484. The summed E-state index contributed by atoms with van der Waals surface area (Å²) in [5.41, 5.74) is 0.759. The maximum atomic E-state index is 12.2. The molecule has 2 amide bonds. The number of carbonyl (C=O) groups is 1. The summed E-state index contributed by atoms with van der Waals surface area (Å²) in [6.45, 7) is 5.62. The van der Waals surface area contributed by atoms with Gasteiger partial charge in [0.25, 0.3) is 0 Å². The standard InChI is InChI=1S/C16H25N3O3/c1-3-14(20)12-18-8-10-19(11-9-18)16(21)17-13-4-6-15(22-2)7-5-13/h4-7,14,20H,3,8-12H2,1-2H3,(H,17,21)/t14-/m0/s1. The molecule has 6 nitrogen and oxygen atoms in total. The number of urea groups is 1. The second kappa shape index (κ2) is 8.00. The molecule has 122 valence electrons. The van der Waals surface area contributed by atoms with Crippen LogP contribution in [0.4, 0.5) is 10.5 Å². The SMILES string of the molecule is CC[C@H](O)CN1CCN(C(=O)Nc2ccc(OC)cc2)CC1. The molecule has 1 aliphatic rings. The third-order valence-electron chi connectivity index (χ3n) is 3.94. The summed E-state index contributed by atoms with van der Waals surface area (Å²) in [5, 5.41) is 12.6. The van der Waals surface area contributed by atoms with Crippen molar-refractivity contribution >= 4 is 11.7 Å². The number of nitrogens with zero attached hydrogens (tertiary/aromatic N) is 2. The Hall–Kier alpha value is -1.79.